The number of halogens is 1. The SMILES string of the molecule is Nc1cc(F)ccc1NC(=O)CN1C(=O)CCCCC1=O. The largest absolute Gasteiger partial charge is 0.397 e. The highest BCUT2D eigenvalue weighted by molar-refractivity contribution is 6.03. The van der Waals surface area contributed by atoms with Gasteiger partial charge in [-0.05, 0) is 31.0 Å². The van der Waals surface area contributed by atoms with Crippen molar-refractivity contribution in [3.8, 4) is 0 Å². The third-order valence-corrected chi connectivity index (χ3v) is 3.22. The Kier molecular flexibility index (Phi) is 4.52. The van der Waals surface area contributed by atoms with Gasteiger partial charge < -0.3 is 11.1 Å². The van der Waals surface area contributed by atoms with Gasteiger partial charge in [0.05, 0.1) is 11.4 Å². The molecule has 1 saturated heterocycles. The second-order valence-electron chi connectivity index (χ2n) is 4.86. The van der Waals surface area contributed by atoms with Gasteiger partial charge in [0, 0.05) is 12.8 Å². The number of amides is 3. The minimum absolute atomic E-state index is 0.0804. The number of anilines is 2. The molecule has 1 aromatic carbocycles. The smallest absolute Gasteiger partial charge is 0.244 e. The summed E-state index contributed by atoms with van der Waals surface area (Å²) in [5, 5.41) is 2.47. The van der Waals surface area contributed by atoms with E-state index in [1.165, 1.54) is 6.07 Å². The molecule has 112 valence electrons. The Balaban J connectivity index is 2.03. The molecule has 1 aliphatic rings. The van der Waals surface area contributed by atoms with Crippen LogP contribution in [0.15, 0.2) is 18.2 Å². The molecule has 0 unspecified atom stereocenters. The number of nitrogens with two attached hydrogens (primary N) is 1. The molecule has 2 rings (SSSR count). The lowest BCUT2D eigenvalue weighted by Gasteiger charge is -2.18. The second kappa shape index (κ2) is 6.34. The van der Waals surface area contributed by atoms with E-state index < -0.39 is 11.7 Å². The highest BCUT2D eigenvalue weighted by Crippen LogP contribution is 2.19. The van der Waals surface area contributed by atoms with Gasteiger partial charge in [0.1, 0.15) is 12.4 Å². The summed E-state index contributed by atoms with van der Waals surface area (Å²) in [4.78, 5) is 36.4. The maximum Gasteiger partial charge on any atom is 0.244 e. The van der Waals surface area contributed by atoms with E-state index in [4.69, 9.17) is 5.73 Å². The van der Waals surface area contributed by atoms with Crippen LogP contribution < -0.4 is 11.1 Å². The molecule has 7 heteroatoms. The molecule has 1 fully saturated rings. The molecule has 3 amide bonds. The molecule has 0 atom stereocenters. The fourth-order valence-corrected chi connectivity index (χ4v) is 2.12. The summed E-state index contributed by atoms with van der Waals surface area (Å²) in [7, 11) is 0. The van der Waals surface area contributed by atoms with Gasteiger partial charge in [0.25, 0.3) is 0 Å². The van der Waals surface area contributed by atoms with Crippen molar-refractivity contribution in [2.75, 3.05) is 17.6 Å². The minimum Gasteiger partial charge on any atom is -0.397 e. The summed E-state index contributed by atoms with van der Waals surface area (Å²) < 4.78 is 12.9. The van der Waals surface area contributed by atoms with Crippen molar-refractivity contribution in [3.05, 3.63) is 24.0 Å². The summed E-state index contributed by atoms with van der Waals surface area (Å²) in [5.41, 5.74) is 5.91. The van der Waals surface area contributed by atoms with Crippen LogP contribution in [0.25, 0.3) is 0 Å². The van der Waals surface area contributed by atoms with Crippen LogP contribution in [0.2, 0.25) is 0 Å². The Hall–Kier alpha value is -2.44. The molecule has 6 nitrogen and oxygen atoms in total. The Morgan fingerprint density at radius 3 is 2.43 bits per heavy atom. The van der Waals surface area contributed by atoms with Crippen LogP contribution in [-0.4, -0.2) is 29.2 Å². The molecule has 0 radical (unpaired) electrons. The number of imide groups is 1. The quantitative estimate of drug-likeness (QED) is 0.648. The van der Waals surface area contributed by atoms with Gasteiger partial charge in [0.2, 0.25) is 17.7 Å². The van der Waals surface area contributed by atoms with Crippen LogP contribution in [0.3, 0.4) is 0 Å². The zero-order chi connectivity index (χ0) is 15.4. The fraction of sp³-hybridized carbons (Fsp3) is 0.357. The van der Waals surface area contributed by atoms with Crippen molar-refractivity contribution < 1.29 is 18.8 Å². The lowest BCUT2D eigenvalue weighted by atomic mass is 10.2. The summed E-state index contributed by atoms with van der Waals surface area (Å²) in [6.45, 7) is -0.353. The van der Waals surface area contributed by atoms with Gasteiger partial charge in [0.15, 0.2) is 0 Å². The zero-order valence-electron chi connectivity index (χ0n) is 11.4. The van der Waals surface area contributed by atoms with E-state index in [2.05, 4.69) is 5.32 Å². The zero-order valence-corrected chi connectivity index (χ0v) is 11.4. The number of rotatable bonds is 3. The normalized spacial score (nSPS) is 15.8. The summed E-state index contributed by atoms with van der Waals surface area (Å²) in [6.07, 6.45) is 1.82. The first-order valence-electron chi connectivity index (χ1n) is 6.65. The molecule has 3 N–H and O–H groups in total. The van der Waals surface area contributed by atoms with Crippen molar-refractivity contribution in [2.45, 2.75) is 25.7 Å². The fourth-order valence-electron chi connectivity index (χ4n) is 2.12. The molecule has 1 aliphatic heterocycles. The topological polar surface area (TPSA) is 92.5 Å². The molecule has 0 aromatic heterocycles. The van der Waals surface area contributed by atoms with Crippen LogP contribution in [-0.2, 0) is 14.4 Å². The predicted molar refractivity (Wildman–Crippen MR) is 74.6 cm³/mol. The lowest BCUT2D eigenvalue weighted by molar-refractivity contribution is -0.146. The van der Waals surface area contributed by atoms with Gasteiger partial charge >= 0.3 is 0 Å². The number of carbonyl (C=O) groups excluding carboxylic acids is 3. The molecule has 21 heavy (non-hydrogen) atoms. The summed E-state index contributed by atoms with van der Waals surface area (Å²) in [5.74, 6) is -1.75. The first-order valence-corrected chi connectivity index (χ1v) is 6.65. The summed E-state index contributed by atoms with van der Waals surface area (Å²) in [6, 6.07) is 3.57. The Morgan fingerprint density at radius 2 is 1.86 bits per heavy atom. The van der Waals surface area contributed by atoms with Gasteiger partial charge in [-0.15, -0.1) is 0 Å². The first kappa shape index (κ1) is 15.0. The highest BCUT2D eigenvalue weighted by atomic mass is 19.1. The predicted octanol–water partition coefficient (Wildman–Crippen LogP) is 1.28. The van der Waals surface area contributed by atoms with E-state index >= 15 is 0 Å². The van der Waals surface area contributed by atoms with E-state index in [9.17, 15) is 18.8 Å². The number of nitrogen functional groups attached to an aromatic ring is 1. The van der Waals surface area contributed by atoms with Crippen LogP contribution in [0, 0.1) is 5.82 Å². The monoisotopic (exact) mass is 293 g/mol. The van der Waals surface area contributed by atoms with Gasteiger partial charge in [-0.1, -0.05) is 0 Å². The third-order valence-electron chi connectivity index (χ3n) is 3.22. The molecule has 0 saturated carbocycles. The molecule has 1 heterocycles. The van der Waals surface area contributed by atoms with Crippen LogP contribution in [0.5, 0.6) is 0 Å². The van der Waals surface area contributed by atoms with Crippen LogP contribution >= 0.6 is 0 Å². The molecular weight excluding hydrogens is 277 g/mol. The van der Waals surface area contributed by atoms with Crippen LogP contribution in [0.1, 0.15) is 25.7 Å². The van der Waals surface area contributed by atoms with Crippen molar-refractivity contribution in [2.24, 2.45) is 0 Å². The van der Waals surface area contributed by atoms with E-state index in [1.807, 2.05) is 0 Å². The van der Waals surface area contributed by atoms with Gasteiger partial charge in [-0.25, -0.2) is 4.39 Å². The van der Waals surface area contributed by atoms with Gasteiger partial charge in [-0.2, -0.15) is 0 Å². The molecule has 0 spiro atoms. The standard InChI is InChI=1S/C14H16FN3O3/c15-9-5-6-11(10(16)7-9)17-12(19)8-18-13(20)3-1-2-4-14(18)21/h5-7H,1-4,8,16H2,(H,17,19). The average molecular weight is 293 g/mol. The number of hydrogen-bond acceptors (Lipinski definition) is 4. The van der Waals surface area contributed by atoms with Crippen molar-refractivity contribution >= 4 is 29.1 Å². The third kappa shape index (κ3) is 3.77. The molecule has 0 bridgehead atoms. The number of carbonyl (C=O) groups is 3. The lowest BCUT2D eigenvalue weighted by Crippen LogP contribution is -2.41. The number of likely N-dealkylation sites (tertiary alicyclic amines) is 1. The number of nitrogens with zero attached hydrogens (tertiary/aromatic N) is 1. The number of nitrogens with one attached hydrogen (secondary N) is 1. The molecular formula is C14H16FN3O3. The highest BCUT2D eigenvalue weighted by Gasteiger charge is 2.26. The van der Waals surface area contributed by atoms with Crippen molar-refractivity contribution in [1.29, 1.82) is 0 Å². The number of hydrogen-bond donors (Lipinski definition) is 2. The molecule has 1 aromatic rings. The van der Waals surface area contributed by atoms with Gasteiger partial charge in [-0.3, -0.25) is 19.3 Å². The Bertz CT molecular complexity index is 571. The van der Waals surface area contributed by atoms with Crippen molar-refractivity contribution in [1.82, 2.24) is 4.90 Å². The second-order valence-corrected chi connectivity index (χ2v) is 4.86. The summed E-state index contributed by atoms with van der Waals surface area (Å²) >= 11 is 0. The van der Waals surface area contributed by atoms with Crippen molar-refractivity contribution in [3.63, 3.8) is 0 Å². The van der Waals surface area contributed by atoms with E-state index in [0.717, 1.165) is 17.0 Å². The Morgan fingerprint density at radius 1 is 1.24 bits per heavy atom. The first-order chi connectivity index (χ1) is 9.97. The Labute approximate surface area is 121 Å². The van der Waals surface area contributed by atoms with Crippen LogP contribution in [0.4, 0.5) is 15.8 Å². The average Bonchev–Trinajstić information content (AvgIpc) is 2.57. The van der Waals surface area contributed by atoms with E-state index in [0.29, 0.717) is 12.8 Å². The maximum atomic E-state index is 12.9. The number of benzene rings is 1. The maximum absolute atomic E-state index is 12.9. The van der Waals surface area contributed by atoms with E-state index in [-0.39, 0.29) is 42.6 Å². The van der Waals surface area contributed by atoms with E-state index in [1.54, 1.807) is 0 Å². The molecule has 0 aliphatic carbocycles. The minimum atomic E-state index is -0.545.